The standard InChI is InChI=1S/C17H24F6O3.C17H29F3O3.C16H22F6O3.C12H21F3O3.6CH4/c1-4-14(2,3)13(24)26-12-7-9-5-10(12)6-11(9)8-15(25,16(18,19)20)17(21,22)23;1-5-15(2,3)14(21)23-13(12-9-7-6-8-10-12)11-16(4,22)17(18,19)20;1-3-8(2)13(23)25-12-6-9-4-10(12)5-11(9)7-14(24,15(17,18)19)16(20,21)22;1-6-10(3,4)9(16)18-8(2)7-11(5,17)12(13,14)15;;;;;;/h9-12,25H,4-8H2,1-3H3;12-13,22H,5-11H2,1-4H3;8-12,24H,3-7H2,1-2H3;8,17H,6-7H2,1-5H3;6*1H4. The average Bonchev–Trinajstić information content (AvgIpc) is 1.50. The van der Waals surface area contributed by atoms with Crippen LogP contribution in [0.15, 0.2) is 0 Å². The molecule has 5 aliphatic carbocycles. The molecule has 0 heterocycles. The van der Waals surface area contributed by atoms with E-state index in [0.717, 1.165) is 39.0 Å². The predicted octanol–water partition coefficient (Wildman–Crippen LogP) is 20.4. The Morgan fingerprint density at radius 2 is 0.724 bits per heavy atom. The summed E-state index contributed by atoms with van der Waals surface area (Å²) in [6.45, 7) is 21.9. The number of halogens is 18. The highest BCUT2D eigenvalue weighted by molar-refractivity contribution is 5.77. The maximum atomic E-state index is 13.0. The number of fused-ring (bicyclic) bond motifs is 4. The Bertz CT molecular complexity index is 2350. The molecular weight excluding hydrogens is 1350 g/mol. The summed E-state index contributed by atoms with van der Waals surface area (Å²) < 4.78 is 252. The van der Waals surface area contributed by atoms with Crippen LogP contribution in [0.3, 0.4) is 0 Å². The molecule has 0 aromatic carbocycles. The highest BCUT2D eigenvalue weighted by atomic mass is 19.4. The molecule has 30 heteroatoms. The summed E-state index contributed by atoms with van der Waals surface area (Å²) in [5.41, 5.74) is -17.3. The van der Waals surface area contributed by atoms with Gasteiger partial charge in [-0.3, -0.25) is 19.2 Å². The summed E-state index contributed by atoms with van der Waals surface area (Å²) in [6.07, 6.45) is -31.4. The van der Waals surface area contributed by atoms with E-state index in [2.05, 4.69) is 0 Å². The van der Waals surface area contributed by atoms with Gasteiger partial charge in [-0.15, -0.1) is 0 Å². The van der Waals surface area contributed by atoms with E-state index in [4.69, 9.17) is 18.9 Å². The summed E-state index contributed by atoms with van der Waals surface area (Å²) in [5, 5.41) is 37.8. The van der Waals surface area contributed by atoms with Crippen molar-refractivity contribution in [3.63, 3.8) is 0 Å². The molecule has 5 fully saturated rings. The predicted molar refractivity (Wildman–Crippen MR) is 338 cm³/mol. The summed E-state index contributed by atoms with van der Waals surface area (Å²) >= 11 is 0. The van der Waals surface area contributed by atoms with E-state index < -0.39 is 173 Å². The van der Waals surface area contributed by atoms with Gasteiger partial charge in [0, 0.05) is 12.8 Å². The van der Waals surface area contributed by atoms with E-state index >= 15 is 0 Å². The second-order valence-corrected chi connectivity index (χ2v) is 28.5. The molecule has 4 bridgehead atoms. The minimum atomic E-state index is -5.79. The van der Waals surface area contributed by atoms with E-state index in [1.807, 2.05) is 20.8 Å². The molecule has 98 heavy (non-hydrogen) atoms. The molecule has 0 saturated heterocycles. The maximum absolute atomic E-state index is 13.0. The molecule has 13 atom stereocenters. The molecule has 5 rings (SSSR count). The zero-order valence-corrected chi connectivity index (χ0v) is 54.7. The van der Waals surface area contributed by atoms with Gasteiger partial charge in [0.25, 0.3) is 11.2 Å². The van der Waals surface area contributed by atoms with Crippen molar-refractivity contribution < 1.29 is 138 Å². The van der Waals surface area contributed by atoms with Crippen molar-refractivity contribution >= 4 is 23.9 Å². The van der Waals surface area contributed by atoms with Crippen LogP contribution in [0, 0.1) is 63.6 Å². The number of hydrogen-bond donors (Lipinski definition) is 4. The summed E-state index contributed by atoms with van der Waals surface area (Å²) in [6, 6.07) is 0. The van der Waals surface area contributed by atoms with Crippen LogP contribution >= 0.6 is 0 Å². The van der Waals surface area contributed by atoms with Crippen LogP contribution in [0.1, 0.15) is 263 Å². The van der Waals surface area contributed by atoms with Crippen molar-refractivity contribution in [2.75, 3.05) is 0 Å². The third-order valence-electron chi connectivity index (χ3n) is 20.0. The Kier molecular flexibility index (Phi) is 39.7. The van der Waals surface area contributed by atoms with E-state index in [0.29, 0.717) is 45.4 Å². The minimum Gasteiger partial charge on any atom is -0.462 e. The van der Waals surface area contributed by atoms with Crippen LogP contribution < -0.4 is 0 Å². The molecule has 5 saturated carbocycles. The number of ether oxygens (including phenoxy) is 4. The van der Waals surface area contributed by atoms with Crippen molar-refractivity contribution in [2.45, 2.75) is 347 Å². The van der Waals surface area contributed by atoms with Crippen molar-refractivity contribution in [3.8, 4) is 0 Å². The van der Waals surface area contributed by atoms with Gasteiger partial charge in [-0.25, -0.2) is 0 Å². The van der Waals surface area contributed by atoms with Gasteiger partial charge in [-0.1, -0.05) is 98.4 Å². The lowest BCUT2D eigenvalue weighted by atomic mass is 9.78. The molecular formula is C68H120F18O12. The molecule has 5 aliphatic rings. The summed E-state index contributed by atoms with van der Waals surface area (Å²) in [5.74, 6) is -5.38. The number of rotatable bonds is 21. The molecule has 0 radical (unpaired) electrons. The fraction of sp³-hybridized carbons (Fsp3) is 0.941. The number of hydrogen-bond acceptors (Lipinski definition) is 12. The van der Waals surface area contributed by atoms with Crippen LogP contribution in [0.4, 0.5) is 79.0 Å². The van der Waals surface area contributed by atoms with E-state index in [9.17, 15) is 119 Å². The average molecular weight is 1470 g/mol. The van der Waals surface area contributed by atoms with Gasteiger partial charge in [-0.2, -0.15) is 79.0 Å². The van der Waals surface area contributed by atoms with Crippen LogP contribution in [0.25, 0.3) is 0 Å². The van der Waals surface area contributed by atoms with E-state index in [-0.39, 0.29) is 93.9 Å². The Hall–Kier alpha value is -3.54. The lowest BCUT2D eigenvalue weighted by molar-refractivity contribution is -0.374. The van der Waals surface area contributed by atoms with Crippen LogP contribution in [-0.4, -0.2) is 128 Å². The first-order valence-corrected chi connectivity index (χ1v) is 31.3. The molecule has 12 nitrogen and oxygen atoms in total. The van der Waals surface area contributed by atoms with Gasteiger partial charge >= 0.3 is 60.9 Å². The highest BCUT2D eigenvalue weighted by Gasteiger charge is 2.73. The monoisotopic (exact) mass is 1470 g/mol. The molecule has 13 unspecified atom stereocenters. The second kappa shape index (κ2) is 37.8. The largest absolute Gasteiger partial charge is 0.462 e. The van der Waals surface area contributed by atoms with Crippen molar-refractivity contribution in [2.24, 2.45) is 63.6 Å². The lowest BCUT2D eigenvalue weighted by Crippen LogP contribution is -2.58. The Balaban J connectivity index is -0.000000388. The molecule has 0 spiro atoms. The normalized spacial score (nSPS) is 24.3. The number of esters is 4. The van der Waals surface area contributed by atoms with Gasteiger partial charge in [0.05, 0.1) is 22.2 Å². The first-order valence-electron chi connectivity index (χ1n) is 31.3. The van der Waals surface area contributed by atoms with Crippen LogP contribution in [0.5, 0.6) is 0 Å². The van der Waals surface area contributed by atoms with Gasteiger partial charge in [-0.05, 0) is 194 Å². The van der Waals surface area contributed by atoms with Gasteiger partial charge in [0.15, 0.2) is 11.2 Å². The highest BCUT2D eigenvalue weighted by Crippen LogP contribution is 2.58. The van der Waals surface area contributed by atoms with E-state index in [1.54, 1.807) is 55.4 Å². The topological polar surface area (TPSA) is 186 Å². The van der Waals surface area contributed by atoms with Crippen LogP contribution in [0.2, 0.25) is 0 Å². The number of aliphatic hydroxyl groups is 4. The lowest BCUT2D eigenvalue weighted by Gasteiger charge is -2.37. The Morgan fingerprint density at radius 3 is 1.02 bits per heavy atom. The Labute approximate surface area is 570 Å². The molecule has 0 aliphatic heterocycles. The second-order valence-electron chi connectivity index (χ2n) is 28.5. The minimum absolute atomic E-state index is 0. The number of carbonyl (C=O) groups excluding carboxylic acids is 4. The van der Waals surface area contributed by atoms with Gasteiger partial charge in [0.2, 0.25) is 0 Å². The molecule has 590 valence electrons. The first-order chi connectivity index (χ1) is 41.2. The third kappa shape index (κ3) is 26.3. The van der Waals surface area contributed by atoms with Crippen LogP contribution in [-0.2, 0) is 38.1 Å². The summed E-state index contributed by atoms with van der Waals surface area (Å²) in [7, 11) is 0. The zero-order chi connectivity index (χ0) is 72.0. The van der Waals surface area contributed by atoms with Gasteiger partial charge < -0.3 is 39.4 Å². The zero-order valence-electron chi connectivity index (χ0n) is 54.7. The molecule has 0 aromatic heterocycles. The van der Waals surface area contributed by atoms with Crippen molar-refractivity contribution in [1.29, 1.82) is 0 Å². The number of carbonyl (C=O) groups is 4. The molecule has 0 aromatic rings. The Morgan fingerprint density at radius 1 is 0.408 bits per heavy atom. The molecule has 4 N–H and O–H groups in total. The maximum Gasteiger partial charge on any atom is 0.426 e. The van der Waals surface area contributed by atoms with Crippen molar-refractivity contribution in [1.82, 2.24) is 0 Å². The first kappa shape index (κ1) is 103. The third-order valence-corrected chi connectivity index (χ3v) is 20.0. The molecule has 0 amide bonds. The SMILES string of the molecule is C.C.C.C.C.C.CCC(C)(C)C(=O)OC(C)CC(C)(O)C(F)(F)F.CCC(C)(C)C(=O)OC(CC(C)(O)C(F)(F)F)C1CCCCC1.CCC(C)(C)C(=O)OC1CC2CC1CC2CC(O)(C(F)(F)F)C(F)(F)F.CCC(C)C(=O)OC1CC2CC1CC2CC(O)(C(F)(F)F)C(F)(F)F. The smallest absolute Gasteiger partial charge is 0.426 e. The van der Waals surface area contributed by atoms with Gasteiger partial charge in [0.1, 0.15) is 24.4 Å². The quantitative estimate of drug-likeness (QED) is 0.0485. The van der Waals surface area contributed by atoms with E-state index in [1.165, 1.54) is 6.92 Å². The summed E-state index contributed by atoms with van der Waals surface area (Å²) in [4.78, 5) is 47.9. The van der Waals surface area contributed by atoms with Crippen molar-refractivity contribution in [3.05, 3.63) is 0 Å². The number of alkyl halides is 18. The fourth-order valence-corrected chi connectivity index (χ4v) is 11.9. The fourth-order valence-electron chi connectivity index (χ4n) is 11.9.